The SMILES string of the molecule is FC(F)CN1CC2CCCCC21. The van der Waals surface area contributed by atoms with Crippen molar-refractivity contribution in [1.82, 2.24) is 4.90 Å². The molecule has 12 heavy (non-hydrogen) atoms. The van der Waals surface area contributed by atoms with Gasteiger partial charge < -0.3 is 0 Å². The van der Waals surface area contributed by atoms with E-state index in [2.05, 4.69) is 0 Å². The number of hydrogen-bond acceptors (Lipinski definition) is 1. The lowest BCUT2D eigenvalue weighted by Gasteiger charge is -2.50. The van der Waals surface area contributed by atoms with Gasteiger partial charge in [0.25, 0.3) is 6.43 Å². The molecule has 2 unspecified atom stereocenters. The summed E-state index contributed by atoms with van der Waals surface area (Å²) in [6.07, 6.45) is 2.82. The molecule has 2 aliphatic rings. The van der Waals surface area contributed by atoms with Crippen LogP contribution in [-0.2, 0) is 0 Å². The Bertz CT molecular complexity index is 161. The Balaban J connectivity index is 1.81. The Morgan fingerprint density at radius 3 is 2.67 bits per heavy atom. The molecule has 1 nitrogen and oxygen atoms in total. The second kappa shape index (κ2) is 3.29. The minimum atomic E-state index is -2.15. The molecule has 1 saturated heterocycles. The first-order chi connectivity index (χ1) is 5.77. The Morgan fingerprint density at radius 1 is 1.25 bits per heavy atom. The van der Waals surface area contributed by atoms with Crippen molar-refractivity contribution >= 4 is 0 Å². The van der Waals surface area contributed by atoms with Crippen molar-refractivity contribution in [3.05, 3.63) is 0 Å². The van der Waals surface area contributed by atoms with Crippen molar-refractivity contribution in [2.75, 3.05) is 13.1 Å². The summed E-state index contributed by atoms with van der Waals surface area (Å²) in [5.41, 5.74) is 0. The van der Waals surface area contributed by atoms with Gasteiger partial charge in [0.1, 0.15) is 0 Å². The molecule has 0 bridgehead atoms. The second-order valence-corrected chi connectivity index (χ2v) is 3.96. The Hall–Kier alpha value is -0.180. The van der Waals surface area contributed by atoms with Gasteiger partial charge in [-0.1, -0.05) is 12.8 Å². The van der Waals surface area contributed by atoms with Gasteiger partial charge in [0.2, 0.25) is 0 Å². The predicted molar refractivity (Wildman–Crippen MR) is 43.3 cm³/mol. The minimum absolute atomic E-state index is 0.00116. The zero-order valence-corrected chi connectivity index (χ0v) is 7.18. The molecule has 0 aromatic carbocycles. The molecular formula is C9H15F2N. The second-order valence-electron chi connectivity index (χ2n) is 3.96. The molecule has 0 aromatic rings. The molecule has 2 atom stereocenters. The van der Waals surface area contributed by atoms with E-state index in [0.29, 0.717) is 6.04 Å². The monoisotopic (exact) mass is 175 g/mol. The summed E-state index contributed by atoms with van der Waals surface area (Å²) >= 11 is 0. The predicted octanol–water partition coefficient (Wildman–Crippen LogP) is 2.13. The topological polar surface area (TPSA) is 3.24 Å². The lowest BCUT2D eigenvalue weighted by molar-refractivity contribution is -0.0491. The van der Waals surface area contributed by atoms with Crippen LogP contribution in [0.15, 0.2) is 0 Å². The summed E-state index contributed by atoms with van der Waals surface area (Å²) in [7, 11) is 0. The summed E-state index contributed by atoms with van der Waals surface area (Å²) in [5, 5.41) is 0. The smallest absolute Gasteiger partial charge is 0.251 e. The standard InChI is InChI=1S/C9H15F2N/c10-9(11)6-12-5-7-3-1-2-4-8(7)12/h7-9H,1-6H2. The summed E-state index contributed by atoms with van der Waals surface area (Å²) in [4.78, 5) is 1.95. The van der Waals surface area contributed by atoms with Crippen LogP contribution in [0.2, 0.25) is 0 Å². The van der Waals surface area contributed by atoms with E-state index >= 15 is 0 Å². The molecule has 0 radical (unpaired) electrons. The maximum atomic E-state index is 12.0. The van der Waals surface area contributed by atoms with E-state index in [1.807, 2.05) is 4.90 Å². The van der Waals surface area contributed by atoms with Crippen LogP contribution in [0.4, 0.5) is 8.78 Å². The van der Waals surface area contributed by atoms with Crippen molar-refractivity contribution in [2.45, 2.75) is 38.2 Å². The zero-order chi connectivity index (χ0) is 8.55. The Kier molecular flexibility index (Phi) is 2.31. The zero-order valence-electron chi connectivity index (χ0n) is 7.18. The molecule has 0 N–H and O–H groups in total. The highest BCUT2D eigenvalue weighted by Crippen LogP contribution is 2.37. The summed E-state index contributed by atoms with van der Waals surface area (Å²) in [6, 6.07) is 0.507. The first-order valence-electron chi connectivity index (χ1n) is 4.79. The first kappa shape index (κ1) is 8.42. The maximum absolute atomic E-state index is 12.0. The third-order valence-corrected chi connectivity index (χ3v) is 3.18. The highest BCUT2D eigenvalue weighted by molar-refractivity contribution is 4.94. The van der Waals surface area contributed by atoms with Gasteiger partial charge in [0.05, 0.1) is 6.54 Å². The average Bonchev–Trinajstić information content (AvgIpc) is 2.00. The molecule has 2 fully saturated rings. The van der Waals surface area contributed by atoms with Crippen molar-refractivity contribution in [3.8, 4) is 0 Å². The average molecular weight is 175 g/mol. The third-order valence-electron chi connectivity index (χ3n) is 3.18. The number of alkyl halides is 2. The van der Waals surface area contributed by atoms with Crippen LogP contribution in [0, 0.1) is 5.92 Å². The number of nitrogens with zero attached hydrogens (tertiary/aromatic N) is 1. The van der Waals surface area contributed by atoms with Gasteiger partial charge in [0.15, 0.2) is 0 Å². The van der Waals surface area contributed by atoms with E-state index in [1.165, 1.54) is 19.3 Å². The van der Waals surface area contributed by atoms with E-state index in [9.17, 15) is 8.78 Å². The van der Waals surface area contributed by atoms with Crippen molar-refractivity contribution in [2.24, 2.45) is 5.92 Å². The molecule has 1 aliphatic heterocycles. The van der Waals surface area contributed by atoms with Gasteiger partial charge >= 0.3 is 0 Å². The number of fused-ring (bicyclic) bond motifs is 1. The van der Waals surface area contributed by atoms with Gasteiger partial charge in [-0.3, -0.25) is 4.90 Å². The van der Waals surface area contributed by atoms with Crippen molar-refractivity contribution < 1.29 is 8.78 Å². The van der Waals surface area contributed by atoms with Crippen molar-refractivity contribution in [1.29, 1.82) is 0 Å². The Labute approximate surface area is 71.7 Å². The van der Waals surface area contributed by atoms with Gasteiger partial charge in [-0.15, -0.1) is 0 Å². The molecule has 2 rings (SSSR count). The van der Waals surface area contributed by atoms with Crippen LogP contribution >= 0.6 is 0 Å². The molecule has 70 valence electrons. The quantitative estimate of drug-likeness (QED) is 0.621. The van der Waals surface area contributed by atoms with Crippen LogP contribution in [0.1, 0.15) is 25.7 Å². The summed E-state index contributed by atoms with van der Waals surface area (Å²) in [6.45, 7) is 0.927. The molecule has 0 spiro atoms. The van der Waals surface area contributed by atoms with Crippen molar-refractivity contribution in [3.63, 3.8) is 0 Å². The normalized spacial score (nSPS) is 36.2. The van der Waals surface area contributed by atoms with Gasteiger partial charge in [-0.2, -0.15) is 0 Å². The fraction of sp³-hybridized carbons (Fsp3) is 1.00. The van der Waals surface area contributed by atoms with E-state index in [1.54, 1.807) is 0 Å². The molecule has 1 aliphatic carbocycles. The van der Waals surface area contributed by atoms with Gasteiger partial charge in [-0.05, 0) is 18.8 Å². The van der Waals surface area contributed by atoms with Crippen LogP contribution in [0.5, 0.6) is 0 Å². The van der Waals surface area contributed by atoms with Gasteiger partial charge in [0, 0.05) is 12.6 Å². The van der Waals surface area contributed by atoms with Crippen LogP contribution in [-0.4, -0.2) is 30.5 Å². The summed E-state index contributed by atoms with van der Waals surface area (Å²) in [5.74, 6) is 0.748. The fourth-order valence-corrected chi connectivity index (χ4v) is 2.57. The fourth-order valence-electron chi connectivity index (χ4n) is 2.57. The van der Waals surface area contributed by atoms with Crippen LogP contribution in [0.25, 0.3) is 0 Å². The molecule has 3 heteroatoms. The number of rotatable bonds is 2. The third kappa shape index (κ3) is 1.47. The minimum Gasteiger partial charge on any atom is -0.294 e. The van der Waals surface area contributed by atoms with Crippen LogP contribution in [0.3, 0.4) is 0 Å². The largest absolute Gasteiger partial charge is 0.294 e. The number of halogens is 2. The highest BCUT2D eigenvalue weighted by Gasteiger charge is 2.40. The Morgan fingerprint density at radius 2 is 2.00 bits per heavy atom. The maximum Gasteiger partial charge on any atom is 0.251 e. The molecule has 0 aromatic heterocycles. The molecule has 0 amide bonds. The van der Waals surface area contributed by atoms with E-state index in [0.717, 1.165) is 18.9 Å². The number of likely N-dealkylation sites (tertiary alicyclic amines) is 1. The lowest BCUT2D eigenvalue weighted by Crippen LogP contribution is -2.58. The van der Waals surface area contributed by atoms with Crippen LogP contribution < -0.4 is 0 Å². The molecule has 1 saturated carbocycles. The number of hydrogen-bond donors (Lipinski definition) is 0. The van der Waals surface area contributed by atoms with E-state index < -0.39 is 6.43 Å². The first-order valence-corrected chi connectivity index (χ1v) is 4.79. The summed E-state index contributed by atoms with van der Waals surface area (Å²) < 4.78 is 24.0. The highest BCUT2D eigenvalue weighted by atomic mass is 19.3. The molecular weight excluding hydrogens is 160 g/mol. The van der Waals surface area contributed by atoms with E-state index in [4.69, 9.17) is 0 Å². The molecule has 1 heterocycles. The lowest BCUT2D eigenvalue weighted by atomic mass is 9.77. The van der Waals surface area contributed by atoms with E-state index in [-0.39, 0.29) is 6.54 Å². The van der Waals surface area contributed by atoms with Gasteiger partial charge in [-0.25, -0.2) is 8.78 Å².